The van der Waals surface area contributed by atoms with Crippen LogP contribution in [0.15, 0.2) is 30.3 Å². The molecule has 1 aromatic carbocycles. The number of hydrogen-bond acceptors (Lipinski definition) is 3. The van der Waals surface area contributed by atoms with Crippen LogP contribution < -0.4 is 0 Å². The SMILES string of the molecule is CC(C)(C)OC(=O)N1CC(C(=O)O)C(C)(c2ccccc2)C1. The zero-order chi connectivity index (χ0) is 16.5. The van der Waals surface area contributed by atoms with Crippen molar-refractivity contribution in [2.24, 2.45) is 5.92 Å². The first-order chi connectivity index (χ1) is 10.1. The molecule has 2 atom stereocenters. The molecule has 1 aromatic rings. The Bertz CT molecular complexity index is 564. The smallest absolute Gasteiger partial charge is 0.410 e. The number of carboxylic acids is 1. The van der Waals surface area contributed by atoms with Gasteiger partial charge in [-0.15, -0.1) is 0 Å². The van der Waals surface area contributed by atoms with Crippen molar-refractivity contribution in [1.82, 2.24) is 4.90 Å². The number of aliphatic carboxylic acids is 1. The zero-order valence-corrected chi connectivity index (χ0v) is 13.5. The summed E-state index contributed by atoms with van der Waals surface area (Å²) in [6.07, 6.45) is -0.460. The molecule has 1 N–H and O–H groups in total. The van der Waals surface area contributed by atoms with E-state index in [9.17, 15) is 14.7 Å². The van der Waals surface area contributed by atoms with E-state index in [0.29, 0.717) is 6.54 Å². The third kappa shape index (κ3) is 3.24. The van der Waals surface area contributed by atoms with Crippen LogP contribution in [0.3, 0.4) is 0 Å². The summed E-state index contributed by atoms with van der Waals surface area (Å²) in [5.41, 5.74) is -0.292. The van der Waals surface area contributed by atoms with Crippen LogP contribution in [-0.2, 0) is 14.9 Å². The fraction of sp³-hybridized carbons (Fsp3) is 0.529. The van der Waals surface area contributed by atoms with Crippen LogP contribution in [0.5, 0.6) is 0 Å². The average molecular weight is 305 g/mol. The van der Waals surface area contributed by atoms with E-state index >= 15 is 0 Å². The number of rotatable bonds is 2. The lowest BCUT2D eigenvalue weighted by atomic mass is 9.74. The number of carboxylic acid groups (broad SMARTS) is 1. The quantitative estimate of drug-likeness (QED) is 0.912. The molecule has 0 aromatic heterocycles. The Kier molecular flexibility index (Phi) is 4.18. The first-order valence-corrected chi connectivity index (χ1v) is 7.40. The molecule has 1 fully saturated rings. The maximum absolute atomic E-state index is 12.3. The van der Waals surface area contributed by atoms with Crippen LogP contribution in [0.4, 0.5) is 4.79 Å². The molecule has 1 aliphatic heterocycles. The number of likely N-dealkylation sites (tertiary alicyclic amines) is 1. The summed E-state index contributed by atoms with van der Waals surface area (Å²) < 4.78 is 5.37. The molecule has 120 valence electrons. The molecule has 1 heterocycles. The zero-order valence-electron chi connectivity index (χ0n) is 13.5. The van der Waals surface area contributed by atoms with Gasteiger partial charge in [0.25, 0.3) is 0 Å². The molecule has 1 aliphatic rings. The van der Waals surface area contributed by atoms with Gasteiger partial charge in [0, 0.05) is 18.5 Å². The number of nitrogens with zero attached hydrogens (tertiary/aromatic N) is 1. The number of carbonyl (C=O) groups is 2. The lowest BCUT2D eigenvalue weighted by Crippen LogP contribution is -2.38. The fourth-order valence-electron chi connectivity index (χ4n) is 2.92. The average Bonchev–Trinajstić information content (AvgIpc) is 2.78. The van der Waals surface area contributed by atoms with Gasteiger partial charge in [-0.25, -0.2) is 4.79 Å². The Morgan fingerprint density at radius 1 is 1.27 bits per heavy atom. The molecular weight excluding hydrogens is 282 g/mol. The van der Waals surface area contributed by atoms with Gasteiger partial charge < -0.3 is 14.7 Å². The van der Waals surface area contributed by atoms with E-state index in [1.165, 1.54) is 4.90 Å². The van der Waals surface area contributed by atoms with Crippen molar-refractivity contribution in [3.63, 3.8) is 0 Å². The van der Waals surface area contributed by atoms with Crippen LogP contribution >= 0.6 is 0 Å². The molecule has 2 rings (SSSR count). The van der Waals surface area contributed by atoms with Crippen molar-refractivity contribution >= 4 is 12.1 Å². The Hall–Kier alpha value is -2.04. The van der Waals surface area contributed by atoms with E-state index < -0.39 is 29.0 Å². The fourth-order valence-corrected chi connectivity index (χ4v) is 2.92. The van der Waals surface area contributed by atoms with Crippen LogP contribution in [0, 0.1) is 5.92 Å². The first-order valence-electron chi connectivity index (χ1n) is 7.40. The van der Waals surface area contributed by atoms with E-state index in [0.717, 1.165) is 5.56 Å². The van der Waals surface area contributed by atoms with Gasteiger partial charge in [0.1, 0.15) is 5.60 Å². The lowest BCUT2D eigenvalue weighted by Gasteiger charge is -2.29. The second-order valence-corrected chi connectivity index (χ2v) is 7.04. The van der Waals surface area contributed by atoms with Gasteiger partial charge in [-0.1, -0.05) is 37.3 Å². The minimum Gasteiger partial charge on any atom is -0.481 e. The molecule has 0 aliphatic carbocycles. The van der Waals surface area contributed by atoms with Gasteiger partial charge >= 0.3 is 12.1 Å². The van der Waals surface area contributed by atoms with Gasteiger partial charge in [-0.05, 0) is 26.3 Å². The van der Waals surface area contributed by atoms with Crippen molar-refractivity contribution < 1.29 is 19.4 Å². The Balaban J connectivity index is 2.28. The summed E-state index contributed by atoms with van der Waals surface area (Å²) in [5.74, 6) is -1.54. The molecular formula is C17H23NO4. The number of amides is 1. The largest absolute Gasteiger partial charge is 0.481 e. The highest BCUT2D eigenvalue weighted by atomic mass is 16.6. The van der Waals surface area contributed by atoms with E-state index in [2.05, 4.69) is 0 Å². The Morgan fingerprint density at radius 3 is 2.36 bits per heavy atom. The molecule has 0 bridgehead atoms. The number of ether oxygens (including phenoxy) is 1. The Morgan fingerprint density at radius 2 is 1.86 bits per heavy atom. The van der Waals surface area contributed by atoms with Gasteiger partial charge in [-0.2, -0.15) is 0 Å². The highest BCUT2D eigenvalue weighted by Crippen LogP contribution is 2.39. The minimum absolute atomic E-state index is 0.162. The van der Waals surface area contributed by atoms with E-state index in [4.69, 9.17) is 4.74 Å². The maximum atomic E-state index is 12.3. The van der Waals surface area contributed by atoms with Crippen LogP contribution in [0.2, 0.25) is 0 Å². The van der Waals surface area contributed by atoms with Crippen LogP contribution in [-0.4, -0.2) is 40.8 Å². The van der Waals surface area contributed by atoms with Gasteiger partial charge in [0.15, 0.2) is 0 Å². The molecule has 22 heavy (non-hydrogen) atoms. The van der Waals surface area contributed by atoms with E-state index in [1.807, 2.05) is 37.3 Å². The molecule has 2 unspecified atom stereocenters. The van der Waals surface area contributed by atoms with Crippen molar-refractivity contribution in [2.75, 3.05) is 13.1 Å². The molecule has 5 nitrogen and oxygen atoms in total. The monoisotopic (exact) mass is 305 g/mol. The van der Waals surface area contributed by atoms with E-state index in [-0.39, 0.29) is 6.54 Å². The van der Waals surface area contributed by atoms with Crippen molar-refractivity contribution in [3.8, 4) is 0 Å². The molecule has 0 spiro atoms. The second-order valence-electron chi connectivity index (χ2n) is 7.04. The minimum atomic E-state index is -0.891. The normalized spacial score (nSPS) is 25.1. The predicted octanol–water partition coefficient (Wildman–Crippen LogP) is 2.90. The van der Waals surface area contributed by atoms with E-state index in [1.54, 1.807) is 20.8 Å². The maximum Gasteiger partial charge on any atom is 0.410 e. The summed E-state index contributed by atoms with van der Waals surface area (Å²) in [7, 11) is 0. The summed E-state index contributed by atoms with van der Waals surface area (Å²) >= 11 is 0. The predicted molar refractivity (Wildman–Crippen MR) is 82.7 cm³/mol. The van der Waals surface area contributed by atoms with Crippen molar-refractivity contribution in [1.29, 1.82) is 0 Å². The second kappa shape index (κ2) is 5.63. The van der Waals surface area contributed by atoms with Crippen molar-refractivity contribution in [3.05, 3.63) is 35.9 Å². The standard InChI is InChI=1S/C17H23NO4/c1-16(2,3)22-15(21)18-10-13(14(19)20)17(4,11-18)12-8-6-5-7-9-12/h5-9,13H,10-11H2,1-4H3,(H,19,20). The molecule has 1 amide bonds. The third-order valence-corrected chi connectivity index (χ3v) is 4.07. The van der Waals surface area contributed by atoms with Gasteiger partial charge in [-0.3, -0.25) is 4.79 Å². The molecule has 0 radical (unpaired) electrons. The summed E-state index contributed by atoms with van der Waals surface area (Å²) in [4.78, 5) is 25.4. The molecule has 1 saturated heterocycles. The summed E-state index contributed by atoms with van der Waals surface area (Å²) in [6, 6.07) is 9.48. The molecule has 0 saturated carbocycles. The number of benzene rings is 1. The van der Waals surface area contributed by atoms with Crippen LogP contribution in [0.1, 0.15) is 33.3 Å². The van der Waals surface area contributed by atoms with Crippen LogP contribution in [0.25, 0.3) is 0 Å². The molecule has 5 heteroatoms. The number of carbonyl (C=O) groups excluding carboxylic acids is 1. The van der Waals surface area contributed by atoms with Gasteiger partial charge in [0.05, 0.1) is 5.92 Å². The van der Waals surface area contributed by atoms with Crippen molar-refractivity contribution in [2.45, 2.75) is 38.7 Å². The highest BCUT2D eigenvalue weighted by Gasteiger charge is 2.50. The number of hydrogen-bond donors (Lipinski definition) is 1. The summed E-state index contributed by atoms with van der Waals surface area (Å²) in [6.45, 7) is 7.79. The van der Waals surface area contributed by atoms with Gasteiger partial charge in [0.2, 0.25) is 0 Å². The topological polar surface area (TPSA) is 66.8 Å². The first kappa shape index (κ1) is 16.3. The lowest BCUT2D eigenvalue weighted by molar-refractivity contribution is -0.142. The summed E-state index contributed by atoms with van der Waals surface area (Å²) in [5, 5.41) is 9.56. The highest BCUT2D eigenvalue weighted by molar-refractivity contribution is 5.77. The Labute approximate surface area is 130 Å². The third-order valence-electron chi connectivity index (χ3n) is 4.07.